The number of furan rings is 1. The van der Waals surface area contributed by atoms with Crippen molar-refractivity contribution in [1.82, 2.24) is 0 Å². The van der Waals surface area contributed by atoms with Crippen LogP contribution in [-0.4, -0.2) is 0 Å². The van der Waals surface area contributed by atoms with E-state index < -0.39 is 0 Å². The Kier molecular flexibility index (Phi) is 3.53. The van der Waals surface area contributed by atoms with Crippen LogP contribution in [0.3, 0.4) is 0 Å². The highest BCUT2D eigenvalue weighted by molar-refractivity contribution is 9.10. The van der Waals surface area contributed by atoms with Gasteiger partial charge in [0.25, 0.3) is 0 Å². The molecule has 3 aromatic rings. The van der Waals surface area contributed by atoms with Crippen LogP contribution < -0.4 is 0 Å². The first-order valence-corrected chi connectivity index (χ1v) is 6.62. The Balaban J connectivity index is 0.000000514. The third-order valence-corrected chi connectivity index (χ3v) is 3.15. The number of hydrogen-bond donors (Lipinski definition) is 0. The van der Waals surface area contributed by atoms with Crippen LogP contribution >= 0.6 is 15.9 Å². The lowest BCUT2D eigenvalue weighted by atomic mass is 10.1. The average molecular weight is 291 g/mol. The van der Waals surface area contributed by atoms with E-state index in [1.165, 1.54) is 16.3 Å². The summed E-state index contributed by atoms with van der Waals surface area (Å²) in [6.45, 7) is 6.07. The van der Waals surface area contributed by atoms with E-state index in [0.29, 0.717) is 0 Å². The summed E-state index contributed by atoms with van der Waals surface area (Å²) in [6.07, 6.45) is 0. The summed E-state index contributed by atoms with van der Waals surface area (Å²) in [5, 5.41) is 2.36. The Bertz CT molecular complexity index is 652. The molecule has 0 atom stereocenters. The Hall–Kier alpha value is -1.28. The fraction of sp³-hybridized carbons (Fsp3) is 0.200. The van der Waals surface area contributed by atoms with Crippen molar-refractivity contribution in [3.05, 3.63) is 46.4 Å². The van der Waals surface area contributed by atoms with Crippen LogP contribution in [0.4, 0.5) is 0 Å². The minimum Gasteiger partial charge on any atom is -0.456 e. The van der Waals surface area contributed by atoms with Gasteiger partial charge in [-0.2, -0.15) is 0 Å². The maximum Gasteiger partial charge on any atom is 0.138 e. The molecule has 17 heavy (non-hydrogen) atoms. The molecule has 0 aliphatic rings. The van der Waals surface area contributed by atoms with Crippen LogP contribution in [0.1, 0.15) is 19.4 Å². The van der Waals surface area contributed by atoms with Gasteiger partial charge in [-0.05, 0) is 30.7 Å². The molecule has 0 N–H and O–H groups in total. The molecule has 0 saturated heterocycles. The zero-order chi connectivity index (χ0) is 12.4. The van der Waals surface area contributed by atoms with Crippen molar-refractivity contribution in [1.29, 1.82) is 0 Å². The van der Waals surface area contributed by atoms with Gasteiger partial charge in [0.2, 0.25) is 0 Å². The van der Waals surface area contributed by atoms with Gasteiger partial charge < -0.3 is 4.42 Å². The third-order valence-electron chi connectivity index (χ3n) is 2.66. The van der Waals surface area contributed by atoms with Gasteiger partial charge in [0.1, 0.15) is 11.2 Å². The van der Waals surface area contributed by atoms with E-state index in [1.807, 2.05) is 26.0 Å². The summed E-state index contributed by atoms with van der Waals surface area (Å²) in [4.78, 5) is 0. The average Bonchev–Trinajstić information content (AvgIpc) is 2.72. The molecule has 0 fully saturated rings. The van der Waals surface area contributed by atoms with Crippen molar-refractivity contribution >= 4 is 37.9 Å². The van der Waals surface area contributed by atoms with E-state index in [9.17, 15) is 0 Å². The second-order valence-corrected chi connectivity index (χ2v) is 4.61. The molecule has 0 radical (unpaired) electrons. The van der Waals surface area contributed by atoms with Crippen LogP contribution in [0.2, 0.25) is 0 Å². The first kappa shape index (κ1) is 12.2. The Morgan fingerprint density at radius 2 is 1.76 bits per heavy atom. The van der Waals surface area contributed by atoms with Gasteiger partial charge >= 0.3 is 0 Å². The summed E-state index contributed by atoms with van der Waals surface area (Å²) in [5.74, 6) is 0. The normalized spacial score (nSPS) is 10.4. The molecular weight excluding hydrogens is 276 g/mol. The minimum absolute atomic E-state index is 0.947. The molecule has 3 rings (SSSR count). The molecule has 0 unspecified atom stereocenters. The number of aryl methyl sites for hydroxylation is 1. The van der Waals surface area contributed by atoms with Gasteiger partial charge in [0.15, 0.2) is 0 Å². The summed E-state index contributed by atoms with van der Waals surface area (Å²) in [6, 6.07) is 12.3. The largest absolute Gasteiger partial charge is 0.456 e. The SMILES string of the molecule is CC.Cc1cccc2c1oc1ccc(Br)cc12. The molecular formula is C15H15BrO. The van der Waals surface area contributed by atoms with Crippen molar-refractivity contribution in [2.75, 3.05) is 0 Å². The number of halogens is 1. The second kappa shape index (κ2) is 4.92. The molecule has 0 aliphatic heterocycles. The lowest BCUT2D eigenvalue weighted by Crippen LogP contribution is -1.71. The quantitative estimate of drug-likeness (QED) is 0.519. The summed E-state index contributed by atoms with van der Waals surface area (Å²) < 4.78 is 6.90. The first-order valence-electron chi connectivity index (χ1n) is 5.83. The van der Waals surface area contributed by atoms with Gasteiger partial charge in [-0.25, -0.2) is 0 Å². The topological polar surface area (TPSA) is 13.1 Å². The molecule has 0 amide bonds. The van der Waals surface area contributed by atoms with E-state index in [-0.39, 0.29) is 0 Å². The van der Waals surface area contributed by atoms with Crippen molar-refractivity contribution in [2.24, 2.45) is 0 Å². The lowest BCUT2D eigenvalue weighted by Gasteiger charge is -1.92. The second-order valence-electron chi connectivity index (χ2n) is 3.69. The van der Waals surface area contributed by atoms with Gasteiger partial charge in [-0.1, -0.05) is 48.0 Å². The molecule has 1 aromatic heterocycles. The standard InChI is InChI=1S/C13H9BrO.C2H6/c1-8-3-2-4-10-11-7-9(14)5-6-12(11)15-13(8)10;1-2/h2-7H,1H3;1-2H3. The molecule has 1 nitrogen and oxygen atoms in total. The van der Waals surface area contributed by atoms with E-state index in [1.54, 1.807) is 0 Å². The number of fused-ring (bicyclic) bond motifs is 3. The molecule has 2 heteroatoms. The van der Waals surface area contributed by atoms with E-state index in [2.05, 4.69) is 47.1 Å². The monoisotopic (exact) mass is 290 g/mol. The molecule has 1 heterocycles. The fourth-order valence-electron chi connectivity index (χ4n) is 1.91. The molecule has 0 aliphatic carbocycles. The number of para-hydroxylation sites is 1. The van der Waals surface area contributed by atoms with Gasteiger partial charge in [-0.3, -0.25) is 0 Å². The Morgan fingerprint density at radius 3 is 2.53 bits per heavy atom. The first-order chi connectivity index (χ1) is 8.25. The van der Waals surface area contributed by atoms with Crippen molar-refractivity contribution in [2.45, 2.75) is 20.8 Å². The van der Waals surface area contributed by atoms with Crippen molar-refractivity contribution < 1.29 is 4.42 Å². The zero-order valence-electron chi connectivity index (χ0n) is 10.3. The molecule has 88 valence electrons. The van der Waals surface area contributed by atoms with E-state index >= 15 is 0 Å². The van der Waals surface area contributed by atoms with Gasteiger partial charge in [0.05, 0.1) is 0 Å². The number of hydrogen-bond acceptors (Lipinski definition) is 1. The van der Waals surface area contributed by atoms with Crippen LogP contribution in [0, 0.1) is 6.92 Å². The predicted octanol–water partition coefficient (Wildman–Crippen LogP) is 5.68. The van der Waals surface area contributed by atoms with Gasteiger partial charge in [0, 0.05) is 15.2 Å². The van der Waals surface area contributed by atoms with E-state index in [4.69, 9.17) is 4.42 Å². The Morgan fingerprint density at radius 1 is 1.00 bits per heavy atom. The lowest BCUT2D eigenvalue weighted by molar-refractivity contribution is 0.666. The summed E-state index contributed by atoms with van der Waals surface area (Å²) >= 11 is 3.48. The maximum absolute atomic E-state index is 5.82. The highest BCUT2D eigenvalue weighted by Gasteiger charge is 2.07. The Labute approximate surface area is 110 Å². The highest BCUT2D eigenvalue weighted by Crippen LogP contribution is 2.32. The molecule has 0 bridgehead atoms. The number of rotatable bonds is 0. The van der Waals surface area contributed by atoms with Crippen LogP contribution in [0.25, 0.3) is 21.9 Å². The summed E-state index contributed by atoms with van der Waals surface area (Å²) in [7, 11) is 0. The van der Waals surface area contributed by atoms with Crippen LogP contribution in [-0.2, 0) is 0 Å². The maximum atomic E-state index is 5.82. The number of benzene rings is 2. The summed E-state index contributed by atoms with van der Waals surface area (Å²) in [5.41, 5.74) is 3.12. The van der Waals surface area contributed by atoms with Crippen molar-refractivity contribution in [3.63, 3.8) is 0 Å². The van der Waals surface area contributed by atoms with Crippen LogP contribution in [0.15, 0.2) is 45.3 Å². The minimum atomic E-state index is 0.947. The fourth-order valence-corrected chi connectivity index (χ4v) is 2.27. The smallest absolute Gasteiger partial charge is 0.138 e. The highest BCUT2D eigenvalue weighted by atomic mass is 79.9. The molecule has 2 aromatic carbocycles. The predicted molar refractivity (Wildman–Crippen MR) is 77.5 cm³/mol. The van der Waals surface area contributed by atoms with E-state index in [0.717, 1.165) is 15.6 Å². The third kappa shape index (κ3) is 2.09. The van der Waals surface area contributed by atoms with Gasteiger partial charge in [-0.15, -0.1) is 0 Å². The zero-order valence-corrected chi connectivity index (χ0v) is 11.8. The van der Waals surface area contributed by atoms with Crippen molar-refractivity contribution in [3.8, 4) is 0 Å². The molecule has 0 saturated carbocycles. The molecule has 0 spiro atoms. The van der Waals surface area contributed by atoms with Crippen LogP contribution in [0.5, 0.6) is 0 Å².